The lowest BCUT2D eigenvalue weighted by Crippen LogP contribution is -2.45. The summed E-state index contributed by atoms with van der Waals surface area (Å²) >= 11 is 0. The van der Waals surface area contributed by atoms with Gasteiger partial charge in [-0.1, -0.05) is 54.6 Å². The molecule has 0 atom stereocenters. The average molecular weight is 616 g/mol. The number of piperidine rings is 1. The van der Waals surface area contributed by atoms with Crippen LogP contribution < -0.4 is 0 Å². The quantitative estimate of drug-likeness (QED) is 0.296. The molecule has 1 saturated heterocycles. The van der Waals surface area contributed by atoms with Gasteiger partial charge in [0.25, 0.3) is 5.91 Å². The van der Waals surface area contributed by atoms with Crippen LogP contribution in [0.3, 0.4) is 0 Å². The van der Waals surface area contributed by atoms with Crippen molar-refractivity contribution < 1.29 is 36.6 Å². The van der Waals surface area contributed by atoms with E-state index in [9.17, 15) is 26.7 Å². The summed E-state index contributed by atoms with van der Waals surface area (Å²) in [7, 11) is 0. The van der Waals surface area contributed by atoms with Crippen LogP contribution in [0.2, 0.25) is 0 Å². The molecular weight excluding hydrogens is 581 g/mol. The number of benzene rings is 3. The van der Waals surface area contributed by atoms with Crippen LogP contribution in [0.1, 0.15) is 42.9 Å². The highest BCUT2D eigenvalue weighted by molar-refractivity contribution is 6.09. The number of carboxylic acid groups (broad SMARTS) is 1. The standard InChI is InChI=1S/C31H33F2N3O.C2HF3O2/c1-23-34-31(26-9-13-28(32)14-10-26,27-11-15-29(33)16-12-27)30(37)36(23)22-25-17-20-35(21-18-25)19-5-8-24-6-3-2-4-7-24;3-2(4,5)1(6)7/h2-4,6-7,9-16,25H,5,8,17-22H2,1H3;(H,6,7). The number of amidine groups is 1. The van der Waals surface area contributed by atoms with Crippen molar-refractivity contribution in [1.29, 1.82) is 0 Å². The molecule has 0 bridgehead atoms. The maximum atomic E-state index is 14.0. The van der Waals surface area contributed by atoms with Crippen molar-refractivity contribution >= 4 is 17.7 Å². The topological polar surface area (TPSA) is 73.2 Å². The van der Waals surface area contributed by atoms with E-state index < -0.39 is 17.7 Å². The molecule has 2 aliphatic rings. The van der Waals surface area contributed by atoms with Crippen LogP contribution in [0.5, 0.6) is 0 Å². The zero-order valence-corrected chi connectivity index (χ0v) is 24.2. The van der Waals surface area contributed by atoms with Gasteiger partial charge in [0, 0.05) is 6.54 Å². The number of carbonyl (C=O) groups excluding carboxylic acids is 1. The van der Waals surface area contributed by atoms with Gasteiger partial charge in [-0.25, -0.2) is 18.6 Å². The number of aliphatic imine (C=N–C) groups is 1. The van der Waals surface area contributed by atoms with Crippen LogP contribution in [0.15, 0.2) is 83.9 Å². The first kappa shape index (κ1) is 32.8. The third kappa shape index (κ3) is 7.88. The molecule has 1 amide bonds. The lowest BCUT2D eigenvalue weighted by molar-refractivity contribution is -0.192. The Morgan fingerprint density at radius 1 is 0.909 bits per heavy atom. The Balaban J connectivity index is 0.000000566. The van der Waals surface area contributed by atoms with Crippen LogP contribution in [0.25, 0.3) is 0 Å². The Bertz CT molecular complexity index is 1390. The molecule has 5 rings (SSSR count). The molecule has 0 aliphatic carbocycles. The van der Waals surface area contributed by atoms with E-state index in [2.05, 4.69) is 35.2 Å². The van der Waals surface area contributed by atoms with E-state index in [-0.39, 0.29) is 17.5 Å². The molecule has 1 fully saturated rings. The maximum Gasteiger partial charge on any atom is 0.490 e. The van der Waals surface area contributed by atoms with Gasteiger partial charge in [-0.05, 0) is 99.1 Å². The first-order chi connectivity index (χ1) is 20.9. The summed E-state index contributed by atoms with van der Waals surface area (Å²) in [5, 5.41) is 7.12. The number of likely N-dealkylation sites (tertiary alicyclic amines) is 1. The normalized spacial score (nSPS) is 17.2. The number of nitrogens with zero attached hydrogens (tertiary/aromatic N) is 3. The van der Waals surface area contributed by atoms with E-state index in [1.54, 1.807) is 29.2 Å². The van der Waals surface area contributed by atoms with Gasteiger partial charge in [0.15, 0.2) is 5.54 Å². The summed E-state index contributed by atoms with van der Waals surface area (Å²) in [6.45, 7) is 5.60. The first-order valence-electron chi connectivity index (χ1n) is 14.4. The van der Waals surface area contributed by atoms with Gasteiger partial charge in [-0.3, -0.25) is 9.69 Å². The molecule has 2 aliphatic heterocycles. The van der Waals surface area contributed by atoms with Crippen molar-refractivity contribution in [2.45, 2.75) is 44.3 Å². The highest BCUT2D eigenvalue weighted by Crippen LogP contribution is 2.41. The van der Waals surface area contributed by atoms with Gasteiger partial charge in [0.2, 0.25) is 0 Å². The molecule has 0 aromatic heterocycles. The summed E-state index contributed by atoms with van der Waals surface area (Å²) in [5.41, 5.74) is 1.22. The number of carbonyl (C=O) groups is 2. The van der Waals surface area contributed by atoms with Crippen molar-refractivity contribution in [3.63, 3.8) is 0 Å². The Morgan fingerprint density at radius 3 is 1.89 bits per heavy atom. The molecule has 0 radical (unpaired) electrons. The maximum absolute atomic E-state index is 14.0. The number of aliphatic carboxylic acids is 1. The fourth-order valence-electron chi connectivity index (χ4n) is 5.64. The van der Waals surface area contributed by atoms with Gasteiger partial charge in [-0.15, -0.1) is 0 Å². The van der Waals surface area contributed by atoms with Crippen LogP contribution >= 0.6 is 0 Å². The van der Waals surface area contributed by atoms with Crippen LogP contribution in [0, 0.1) is 17.6 Å². The van der Waals surface area contributed by atoms with E-state index in [1.165, 1.54) is 29.8 Å². The molecule has 3 aromatic carbocycles. The summed E-state index contributed by atoms with van der Waals surface area (Å²) in [5.74, 6) is -2.64. The molecular formula is C33H34F5N3O3. The minimum Gasteiger partial charge on any atom is -0.475 e. The van der Waals surface area contributed by atoms with Crippen molar-refractivity contribution in [2.75, 3.05) is 26.2 Å². The van der Waals surface area contributed by atoms with Crippen molar-refractivity contribution in [3.8, 4) is 0 Å². The number of halogens is 5. The van der Waals surface area contributed by atoms with Gasteiger partial charge >= 0.3 is 12.1 Å². The van der Waals surface area contributed by atoms with Gasteiger partial charge in [-0.2, -0.15) is 13.2 Å². The Morgan fingerprint density at radius 2 is 1.41 bits per heavy atom. The number of carboxylic acids is 1. The van der Waals surface area contributed by atoms with E-state index in [0.717, 1.165) is 45.3 Å². The van der Waals surface area contributed by atoms with E-state index in [0.29, 0.717) is 29.4 Å². The fraction of sp³-hybridized carbons (Fsp3) is 0.364. The monoisotopic (exact) mass is 615 g/mol. The zero-order valence-electron chi connectivity index (χ0n) is 24.2. The molecule has 0 saturated carbocycles. The Hall–Kier alpha value is -4.12. The van der Waals surface area contributed by atoms with Crippen molar-refractivity contribution in [1.82, 2.24) is 9.80 Å². The third-order valence-corrected chi connectivity index (χ3v) is 7.97. The molecule has 44 heavy (non-hydrogen) atoms. The minimum absolute atomic E-state index is 0.159. The summed E-state index contributed by atoms with van der Waals surface area (Å²) in [6, 6.07) is 22.4. The highest BCUT2D eigenvalue weighted by Gasteiger charge is 2.50. The lowest BCUT2D eigenvalue weighted by atomic mass is 9.82. The molecule has 0 unspecified atom stereocenters. The summed E-state index contributed by atoms with van der Waals surface area (Å²) in [6.07, 6.45) is -0.790. The average Bonchev–Trinajstić information content (AvgIpc) is 3.25. The molecule has 234 valence electrons. The molecule has 0 spiro atoms. The smallest absolute Gasteiger partial charge is 0.475 e. The third-order valence-electron chi connectivity index (χ3n) is 7.97. The highest BCUT2D eigenvalue weighted by atomic mass is 19.4. The summed E-state index contributed by atoms with van der Waals surface area (Å²) < 4.78 is 59.2. The number of rotatable bonds is 8. The molecule has 3 aromatic rings. The minimum atomic E-state index is -5.08. The number of hydrogen-bond donors (Lipinski definition) is 1. The largest absolute Gasteiger partial charge is 0.490 e. The molecule has 6 nitrogen and oxygen atoms in total. The Labute approximate surface area is 252 Å². The summed E-state index contributed by atoms with van der Waals surface area (Å²) in [4.78, 5) is 32.1. The zero-order chi connectivity index (χ0) is 31.9. The predicted molar refractivity (Wildman–Crippen MR) is 156 cm³/mol. The van der Waals surface area contributed by atoms with Gasteiger partial charge in [0.1, 0.15) is 17.5 Å². The molecule has 1 N–H and O–H groups in total. The lowest BCUT2D eigenvalue weighted by Gasteiger charge is -2.34. The van der Waals surface area contributed by atoms with E-state index in [1.807, 2.05) is 6.92 Å². The van der Waals surface area contributed by atoms with Gasteiger partial charge < -0.3 is 10.0 Å². The molecule has 2 heterocycles. The number of hydrogen-bond acceptors (Lipinski definition) is 4. The number of amides is 1. The van der Waals surface area contributed by atoms with Crippen molar-refractivity contribution in [3.05, 3.63) is 107 Å². The van der Waals surface area contributed by atoms with Crippen molar-refractivity contribution in [2.24, 2.45) is 10.9 Å². The first-order valence-corrected chi connectivity index (χ1v) is 14.4. The number of alkyl halides is 3. The number of aryl methyl sites for hydroxylation is 1. The molecule has 11 heteroatoms. The van der Waals surface area contributed by atoms with Crippen LogP contribution in [-0.2, 0) is 21.5 Å². The second-order valence-electron chi connectivity index (χ2n) is 11.0. The SMILES string of the molecule is CC1=NC(c2ccc(F)cc2)(c2ccc(F)cc2)C(=O)N1CC1CCN(CCCc2ccccc2)CC1.O=C(O)C(F)(F)F. The van der Waals surface area contributed by atoms with E-state index in [4.69, 9.17) is 14.9 Å². The fourth-order valence-corrected chi connectivity index (χ4v) is 5.64. The van der Waals surface area contributed by atoms with E-state index >= 15 is 0 Å². The van der Waals surface area contributed by atoms with Crippen LogP contribution in [-0.4, -0.2) is 65.0 Å². The van der Waals surface area contributed by atoms with Crippen LogP contribution in [0.4, 0.5) is 22.0 Å². The predicted octanol–water partition coefficient (Wildman–Crippen LogP) is 6.45. The second kappa shape index (κ2) is 14.1. The Kier molecular flexibility index (Phi) is 10.5. The second-order valence-corrected chi connectivity index (χ2v) is 11.0. The van der Waals surface area contributed by atoms with Gasteiger partial charge in [0.05, 0.1) is 0 Å².